The Labute approximate surface area is 80.0 Å². The van der Waals surface area contributed by atoms with E-state index >= 15 is 0 Å². The van der Waals surface area contributed by atoms with Crippen LogP contribution in [0, 0.1) is 18.3 Å². The van der Waals surface area contributed by atoms with Crippen molar-refractivity contribution in [3.05, 3.63) is 28.5 Å². The number of aromatic nitrogens is 2. The first-order valence-electron chi connectivity index (χ1n) is 3.76. The maximum absolute atomic E-state index is 8.76. The Morgan fingerprint density at radius 3 is 3.08 bits per heavy atom. The minimum absolute atomic E-state index is 0.535. The summed E-state index contributed by atoms with van der Waals surface area (Å²) < 4.78 is 0. The number of fused-ring (bicyclic) bond motifs is 1. The number of pyridine rings is 1. The molecule has 2 aromatic heterocycles. The second kappa shape index (κ2) is 2.75. The summed E-state index contributed by atoms with van der Waals surface area (Å²) in [6, 6.07) is 3.80. The van der Waals surface area contributed by atoms with Crippen molar-refractivity contribution < 1.29 is 0 Å². The summed E-state index contributed by atoms with van der Waals surface area (Å²) in [6.45, 7) is 1.86. The number of nitrogens with zero attached hydrogens (tertiary/aromatic N) is 2. The first kappa shape index (κ1) is 8.09. The van der Waals surface area contributed by atoms with Crippen molar-refractivity contribution >= 4 is 22.6 Å². The molecule has 0 unspecified atom stereocenters. The molecule has 0 atom stereocenters. The SMILES string of the molecule is Cc1cc(Cl)c2c(C#N)c[nH]c2n1. The molecule has 0 saturated carbocycles. The molecule has 1 N–H and O–H groups in total. The van der Waals surface area contributed by atoms with Crippen molar-refractivity contribution in [2.75, 3.05) is 0 Å². The zero-order chi connectivity index (χ0) is 9.42. The highest BCUT2D eigenvalue weighted by Crippen LogP contribution is 2.25. The standard InChI is InChI=1S/C9H6ClN3/c1-5-2-7(10)8-6(3-11)4-12-9(8)13-5/h2,4H,1H3,(H,12,13). The zero-order valence-electron chi connectivity index (χ0n) is 6.93. The highest BCUT2D eigenvalue weighted by atomic mass is 35.5. The monoisotopic (exact) mass is 191 g/mol. The summed E-state index contributed by atoms with van der Waals surface area (Å²) in [6.07, 6.45) is 1.61. The van der Waals surface area contributed by atoms with Gasteiger partial charge in [0.15, 0.2) is 0 Å². The van der Waals surface area contributed by atoms with Gasteiger partial charge in [-0.05, 0) is 13.0 Å². The van der Waals surface area contributed by atoms with Crippen molar-refractivity contribution in [1.82, 2.24) is 9.97 Å². The van der Waals surface area contributed by atoms with E-state index in [0.29, 0.717) is 21.6 Å². The molecule has 0 bridgehead atoms. The van der Waals surface area contributed by atoms with Crippen LogP contribution in [0.2, 0.25) is 5.02 Å². The second-order valence-corrected chi connectivity index (χ2v) is 3.19. The van der Waals surface area contributed by atoms with Gasteiger partial charge < -0.3 is 4.98 Å². The molecule has 0 aliphatic rings. The van der Waals surface area contributed by atoms with Crippen LogP contribution in [0.15, 0.2) is 12.3 Å². The van der Waals surface area contributed by atoms with E-state index in [1.54, 1.807) is 12.3 Å². The van der Waals surface area contributed by atoms with Crippen LogP contribution >= 0.6 is 11.6 Å². The van der Waals surface area contributed by atoms with Gasteiger partial charge in [-0.3, -0.25) is 0 Å². The summed E-state index contributed by atoms with van der Waals surface area (Å²) in [5.41, 5.74) is 2.04. The lowest BCUT2D eigenvalue weighted by atomic mass is 10.2. The molecule has 3 nitrogen and oxygen atoms in total. The smallest absolute Gasteiger partial charge is 0.140 e. The fourth-order valence-corrected chi connectivity index (χ4v) is 1.64. The van der Waals surface area contributed by atoms with Gasteiger partial charge in [0.1, 0.15) is 11.7 Å². The molecule has 13 heavy (non-hydrogen) atoms. The number of aromatic amines is 1. The molecule has 2 aromatic rings. The predicted octanol–water partition coefficient (Wildman–Crippen LogP) is 2.40. The largest absolute Gasteiger partial charge is 0.345 e. The number of aryl methyl sites for hydroxylation is 1. The summed E-state index contributed by atoms with van der Waals surface area (Å²) in [5, 5.41) is 10.0. The molecular weight excluding hydrogens is 186 g/mol. The van der Waals surface area contributed by atoms with E-state index in [1.165, 1.54) is 0 Å². The van der Waals surface area contributed by atoms with Gasteiger partial charge in [0.2, 0.25) is 0 Å². The summed E-state index contributed by atoms with van der Waals surface area (Å²) in [4.78, 5) is 7.12. The van der Waals surface area contributed by atoms with E-state index in [1.807, 2.05) is 6.92 Å². The van der Waals surface area contributed by atoms with E-state index in [2.05, 4.69) is 16.0 Å². The van der Waals surface area contributed by atoms with Gasteiger partial charge in [0, 0.05) is 11.9 Å². The van der Waals surface area contributed by atoms with Crippen LogP contribution in [0.25, 0.3) is 11.0 Å². The number of H-pyrrole nitrogens is 1. The topological polar surface area (TPSA) is 52.5 Å². The van der Waals surface area contributed by atoms with Gasteiger partial charge in [0.25, 0.3) is 0 Å². The number of rotatable bonds is 0. The quantitative estimate of drug-likeness (QED) is 0.695. The number of nitrogens with one attached hydrogen (secondary N) is 1. The minimum atomic E-state index is 0.535. The predicted molar refractivity (Wildman–Crippen MR) is 50.6 cm³/mol. The van der Waals surface area contributed by atoms with Crippen molar-refractivity contribution in [2.24, 2.45) is 0 Å². The second-order valence-electron chi connectivity index (χ2n) is 2.78. The average molecular weight is 192 g/mol. The first-order valence-corrected chi connectivity index (χ1v) is 4.14. The molecule has 0 radical (unpaired) electrons. The molecule has 0 fully saturated rings. The lowest BCUT2D eigenvalue weighted by molar-refractivity contribution is 1.22. The molecule has 2 heterocycles. The Hall–Kier alpha value is -1.53. The van der Waals surface area contributed by atoms with Gasteiger partial charge >= 0.3 is 0 Å². The van der Waals surface area contributed by atoms with Gasteiger partial charge in [-0.25, -0.2) is 4.98 Å². The lowest BCUT2D eigenvalue weighted by Crippen LogP contribution is -1.83. The summed E-state index contributed by atoms with van der Waals surface area (Å²) in [7, 11) is 0. The highest BCUT2D eigenvalue weighted by molar-refractivity contribution is 6.35. The molecule has 64 valence electrons. The summed E-state index contributed by atoms with van der Waals surface area (Å²) >= 11 is 5.98. The zero-order valence-corrected chi connectivity index (χ0v) is 7.68. The minimum Gasteiger partial charge on any atom is -0.345 e. The van der Waals surface area contributed by atoms with Crippen molar-refractivity contribution in [3.63, 3.8) is 0 Å². The molecule has 2 rings (SSSR count). The Kier molecular flexibility index (Phi) is 1.71. The highest BCUT2D eigenvalue weighted by Gasteiger charge is 2.08. The van der Waals surface area contributed by atoms with Gasteiger partial charge in [0.05, 0.1) is 16.0 Å². The lowest BCUT2D eigenvalue weighted by Gasteiger charge is -1.95. The fourth-order valence-electron chi connectivity index (χ4n) is 1.29. The van der Waals surface area contributed by atoms with E-state index in [0.717, 1.165) is 5.69 Å². The molecule has 0 saturated heterocycles. The maximum atomic E-state index is 8.76. The van der Waals surface area contributed by atoms with Crippen LogP contribution in [-0.2, 0) is 0 Å². The van der Waals surface area contributed by atoms with Crippen LogP contribution < -0.4 is 0 Å². The third-order valence-electron chi connectivity index (χ3n) is 1.84. The molecule has 0 aromatic carbocycles. The van der Waals surface area contributed by atoms with E-state index in [9.17, 15) is 0 Å². The maximum Gasteiger partial charge on any atom is 0.140 e. The van der Waals surface area contributed by atoms with Crippen molar-refractivity contribution in [1.29, 1.82) is 5.26 Å². The van der Waals surface area contributed by atoms with Crippen LogP contribution in [-0.4, -0.2) is 9.97 Å². The molecular formula is C9H6ClN3. The summed E-state index contributed by atoms with van der Waals surface area (Å²) in [5.74, 6) is 0. The number of halogens is 1. The van der Waals surface area contributed by atoms with Crippen LogP contribution in [0.5, 0.6) is 0 Å². The first-order chi connectivity index (χ1) is 6.22. The van der Waals surface area contributed by atoms with Gasteiger partial charge in [-0.1, -0.05) is 11.6 Å². The van der Waals surface area contributed by atoms with E-state index in [4.69, 9.17) is 16.9 Å². The van der Waals surface area contributed by atoms with Crippen LogP contribution in [0.1, 0.15) is 11.3 Å². The Morgan fingerprint density at radius 1 is 1.62 bits per heavy atom. The third kappa shape index (κ3) is 1.16. The molecule has 0 aliphatic heterocycles. The van der Waals surface area contributed by atoms with Crippen molar-refractivity contribution in [2.45, 2.75) is 6.92 Å². The van der Waals surface area contributed by atoms with Gasteiger partial charge in [-0.2, -0.15) is 5.26 Å². The average Bonchev–Trinajstić information content (AvgIpc) is 2.47. The molecule has 4 heteroatoms. The van der Waals surface area contributed by atoms with Crippen LogP contribution in [0.3, 0.4) is 0 Å². The Bertz CT molecular complexity index is 507. The van der Waals surface area contributed by atoms with E-state index < -0.39 is 0 Å². The Balaban J connectivity index is 2.92. The molecule has 0 aliphatic carbocycles. The van der Waals surface area contributed by atoms with Crippen molar-refractivity contribution in [3.8, 4) is 6.07 Å². The molecule has 0 spiro atoms. The van der Waals surface area contributed by atoms with E-state index in [-0.39, 0.29) is 0 Å². The number of hydrogen-bond donors (Lipinski definition) is 1. The normalized spacial score (nSPS) is 10.2. The third-order valence-corrected chi connectivity index (χ3v) is 2.14. The Morgan fingerprint density at radius 2 is 2.38 bits per heavy atom. The fraction of sp³-hybridized carbons (Fsp3) is 0.111. The number of hydrogen-bond acceptors (Lipinski definition) is 2. The van der Waals surface area contributed by atoms with Crippen LogP contribution in [0.4, 0.5) is 0 Å². The molecule has 0 amide bonds. The number of nitriles is 1. The van der Waals surface area contributed by atoms with Gasteiger partial charge in [-0.15, -0.1) is 0 Å².